The predicted molar refractivity (Wildman–Crippen MR) is 133 cm³/mol. The van der Waals surface area contributed by atoms with Gasteiger partial charge in [-0.25, -0.2) is 0 Å². The smallest absolute Gasteiger partial charge is 0.308 e. The summed E-state index contributed by atoms with van der Waals surface area (Å²) in [7, 11) is 0. The number of pyridine rings is 1. The van der Waals surface area contributed by atoms with E-state index in [-0.39, 0.29) is 11.5 Å². The summed E-state index contributed by atoms with van der Waals surface area (Å²) in [5.74, 6) is -0.563. The van der Waals surface area contributed by atoms with E-state index in [2.05, 4.69) is 13.8 Å². The lowest BCUT2D eigenvalue weighted by atomic mass is 10.1. The summed E-state index contributed by atoms with van der Waals surface area (Å²) in [4.78, 5) is 24.6. The minimum atomic E-state index is -0.633. The van der Waals surface area contributed by atoms with Crippen LogP contribution in [0.25, 0.3) is 10.9 Å². The molecular weight excluding hydrogens is 418 g/mol. The van der Waals surface area contributed by atoms with Gasteiger partial charge in [0.25, 0.3) is 5.56 Å². The molecule has 0 spiro atoms. The monoisotopic (exact) mass is 459 g/mol. The Balaban J connectivity index is 2.19. The van der Waals surface area contributed by atoms with Crippen molar-refractivity contribution in [1.82, 2.24) is 4.57 Å². The number of aromatic nitrogens is 1. The van der Waals surface area contributed by atoms with Gasteiger partial charge >= 0.3 is 5.97 Å². The lowest BCUT2D eigenvalue weighted by Gasteiger charge is -2.16. The van der Waals surface area contributed by atoms with E-state index >= 15 is 0 Å². The first-order valence-electron chi connectivity index (χ1n) is 12.7. The van der Waals surface area contributed by atoms with Crippen LogP contribution in [0.1, 0.15) is 97.8 Å². The van der Waals surface area contributed by atoms with Crippen molar-refractivity contribution in [2.24, 2.45) is 0 Å². The number of nitrogens with zero attached hydrogens (tertiary/aromatic N) is 1. The second-order valence-corrected chi connectivity index (χ2v) is 8.79. The quantitative estimate of drug-likeness (QED) is 0.222. The molecule has 0 bridgehead atoms. The van der Waals surface area contributed by atoms with Gasteiger partial charge in [0.2, 0.25) is 5.75 Å². The number of fused-ring (bicyclic) bond motifs is 1. The zero-order valence-corrected chi connectivity index (χ0v) is 20.7. The summed E-state index contributed by atoms with van der Waals surface area (Å²) in [6.07, 6.45) is 13.7. The Morgan fingerprint density at radius 1 is 0.909 bits per heavy atom. The van der Waals surface area contributed by atoms with E-state index in [1.807, 2.05) is 6.07 Å². The summed E-state index contributed by atoms with van der Waals surface area (Å²) in [5, 5.41) is 11.1. The number of hydrogen-bond acceptors (Lipinski definition) is 5. The van der Waals surface area contributed by atoms with Gasteiger partial charge < -0.3 is 19.1 Å². The highest BCUT2D eigenvalue weighted by Gasteiger charge is 2.19. The first kappa shape index (κ1) is 26.7. The molecule has 1 N–H and O–H groups in total. The highest BCUT2D eigenvalue weighted by molar-refractivity contribution is 5.89. The highest BCUT2D eigenvalue weighted by Crippen LogP contribution is 2.33. The number of aromatic hydroxyl groups is 1. The second-order valence-electron chi connectivity index (χ2n) is 8.79. The van der Waals surface area contributed by atoms with Gasteiger partial charge in [-0.3, -0.25) is 9.59 Å². The topological polar surface area (TPSA) is 77.8 Å². The van der Waals surface area contributed by atoms with E-state index < -0.39 is 11.5 Å². The van der Waals surface area contributed by atoms with Gasteiger partial charge in [-0.2, -0.15) is 0 Å². The molecule has 0 fully saturated rings. The zero-order chi connectivity index (χ0) is 24.1. The molecule has 1 aromatic heterocycles. The van der Waals surface area contributed by atoms with Crippen LogP contribution in [0.3, 0.4) is 0 Å². The average molecular weight is 460 g/mol. The minimum absolute atomic E-state index is 0.299. The van der Waals surface area contributed by atoms with Gasteiger partial charge in [0.05, 0.1) is 12.1 Å². The van der Waals surface area contributed by atoms with Crippen molar-refractivity contribution in [3.63, 3.8) is 0 Å². The molecule has 0 aliphatic rings. The number of carbonyl (C=O) groups excluding carboxylic acids is 1. The van der Waals surface area contributed by atoms with Gasteiger partial charge in [0.15, 0.2) is 5.75 Å². The number of carbonyl (C=O) groups is 1. The van der Waals surface area contributed by atoms with Crippen molar-refractivity contribution in [3.8, 4) is 17.2 Å². The van der Waals surface area contributed by atoms with Crippen LogP contribution in [0, 0.1) is 0 Å². The molecule has 33 heavy (non-hydrogen) atoms. The van der Waals surface area contributed by atoms with E-state index in [0.29, 0.717) is 29.8 Å². The van der Waals surface area contributed by atoms with Crippen LogP contribution in [0.4, 0.5) is 0 Å². The van der Waals surface area contributed by atoms with Gasteiger partial charge in [0.1, 0.15) is 5.75 Å². The van der Waals surface area contributed by atoms with E-state index in [1.165, 1.54) is 51.9 Å². The van der Waals surface area contributed by atoms with Gasteiger partial charge in [-0.05, 0) is 25.0 Å². The summed E-state index contributed by atoms with van der Waals surface area (Å²) in [5.41, 5.74) is 0.110. The number of hydrogen-bond donors (Lipinski definition) is 1. The normalized spacial score (nSPS) is 11.1. The third-order valence-electron chi connectivity index (χ3n) is 5.92. The van der Waals surface area contributed by atoms with Crippen LogP contribution in [0.5, 0.6) is 17.2 Å². The first-order chi connectivity index (χ1) is 16.0. The standard InChI is InChI=1S/C27H41NO5/c1-4-6-8-10-12-14-18-28-24-20-22(32-19-15-13-11-9-7-5-2)16-17-23(24)25(30)26(27(28)31)33-21(3)29/h16-17,20,30H,4-15,18-19H2,1-3H3. The molecule has 0 amide bonds. The first-order valence-corrected chi connectivity index (χ1v) is 12.7. The van der Waals surface area contributed by atoms with Crippen molar-refractivity contribution in [3.05, 3.63) is 28.6 Å². The highest BCUT2D eigenvalue weighted by atomic mass is 16.5. The van der Waals surface area contributed by atoms with Crippen LogP contribution in [0.2, 0.25) is 0 Å². The van der Waals surface area contributed by atoms with Gasteiger partial charge in [-0.1, -0.05) is 78.1 Å². The molecule has 6 nitrogen and oxygen atoms in total. The van der Waals surface area contributed by atoms with Crippen LogP contribution < -0.4 is 15.0 Å². The molecule has 1 aromatic carbocycles. The minimum Gasteiger partial charge on any atom is -0.504 e. The summed E-state index contributed by atoms with van der Waals surface area (Å²) in [6, 6.07) is 5.32. The number of esters is 1. The lowest BCUT2D eigenvalue weighted by molar-refractivity contribution is -0.132. The van der Waals surface area contributed by atoms with Crippen LogP contribution in [-0.4, -0.2) is 22.2 Å². The third-order valence-corrected chi connectivity index (χ3v) is 5.92. The maximum absolute atomic E-state index is 13.1. The number of rotatable bonds is 16. The summed E-state index contributed by atoms with van der Waals surface area (Å²) < 4.78 is 12.6. The SMILES string of the molecule is CCCCCCCCOc1ccc2c(O)c(OC(C)=O)c(=O)n(CCCCCCCC)c2c1. The van der Waals surface area contributed by atoms with E-state index in [0.717, 1.165) is 32.1 Å². The summed E-state index contributed by atoms with van der Waals surface area (Å²) >= 11 is 0. The van der Waals surface area contributed by atoms with Crippen LogP contribution >= 0.6 is 0 Å². The summed E-state index contributed by atoms with van der Waals surface area (Å²) in [6.45, 7) is 6.74. The van der Waals surface area contributed by atoms with E-state index in [9.17, 15) is 14.7 Å². The molecule has 0 unspecified atom stereocenters. The molecule has 2 rings (SSSR count). The second kappa shape index (κ2) is 14.6. The molecular formula is C27H41NO5. The van der Waals surface area contributed by atoms with Crippen LogP contribution in [-0.2, 0) is 11.3 Å². The number of benzene rings is 1. The molecule has 0 aliphatic heterocycles. The van der Waals surface area contributed by atoms with Crippen molar-refractivity contribution in [1.29, 1.82) is 0 Å². The molecule has 6 heteroatoms. The van der Waals surface area contributed by atoms with Crippen molar-refractivity contribution in [2.45, 2.75) is 104 Å². The molecule has 1 heterocycles. The number of aryl methyl sites for hydroxylation is 1. The fourth-order valence-electron chi connectivity index (χ4n) is 4.06. The van der Waals surface area contributed by atoms with E-state index in [1.54, 1.807) is 16.7 Å². The largest absolute Gasteiger partial charge is 0.504 e. The maximum atomic E-state index is 13.1. The fourth-order valence-corrected chi connectivity index (χ4v) is 4.06. The maximum Gasteiger partial charge on any atom is 0.308 e. The Bertz CT molecular complexity index is 934. The Labute approximate surface area is 197 Å². The molecule has 184 valence electrons. The number of ether oxygens (including phenoxy) is 2. The fraction of sp³-hybridized carbons (Fsp3) is 0.630. The van der Waals surface area contributed by atoms with Gasteiger partial charge in [0, 0.05) is 24.9 Å². The Morgan fingerprint density at radius 2 is 1.52 bits per heavy atom. The number of unbranched alkanes of at least 4 members (excludes halogenated alkanes) is 10. The molecule has 0 saturated heterocycles. The molecule has 0 aliphatic carbocycles. The lowest BCUT2D eigenvalue weighted by Crippen LogP contribution is -2.24. The predicted octanol–water partition coefficient (Wildman–Crippen LogP) is 6.73. The molecule has 0 radical (unpaired) electrons. The molecule has 2 aromatic rings. The Kier molecular flexibility index (Phi) is 11.8. The van der Waals surface area contributed by atoms with Crippen molar-refractivity contribution >= 4 is 16.9 Å². The average Bonchev–Trinajstić information content (AvgIpc) is 2.80. The van der Waals surface area contributed by atoms with Gasteiger partial charge in [-0.15, -0.1) is 0 Å². The van der Waals surface area contributed by atoms with Crippen LogP contribution in [0.15, 0.2) is 23.0 Å². The molecule has 0 saturated carbocycles. The zero-order valence-electron chi connectivity index (χ0n) is 20.7. The third kappa shape index (κ3) is 8.41. The van der Waals surface area contributed by atoms with E-state index in [4.69, 9.17) is 9.47 Å². The van der Waals surface area contributed by atoms with Crippen molar-refractivity contribution in [2.75, 3.05) is 6.61 Å². The Morgan fingerprint density at radius 3 is 2.15 bits per heavy atom. The molecule has 0 atom stereocenters. The van der Waals surface area contributed by atoms with Crippen molar-refractivity contribution < 1.29 is 19.4 Å². The Hall–Kier alpha value is -2.50.